The van der Waals surface area contributed by atoms with Crippen LogP contribution in [-0.2, 0) is 25.7 Å². The number of hydrogen-bond acceptors (Lipinski definition) is 9. The van der Waals surface area contributed by atoms with Crippen molar-refractivity contribution in [3.8, 4) is 11.5 Å². The van der Waals surface area contributed by atoms with Gasteiger partial charge in [-0.3, -0.25) is 19.4 Å². The van der Waals surface area contributed by atoms with Crippen molar-refractivity contribution in [3.05, 3.63) is 40.3 Å². The summed E-state index contributed by atoms with van der Waals surface area (Å²) in [6, 6.07) is 3.55. The molecule has 2 aromatic rings. The number of Topliss-reactive ketones (excluding diaryl/α,β-unsaturated/α-hetero) is 1. The van der Waals surface area contributed by atoms with Crippen LogP contribution in [0.5, 0.6) is 0 Å². The highest BCUT2D eigenvalue weighted by Crippen LogP contribution is 2.77. The average molecular weight is 806 g/mol. The molecule has 0 aromatic carbocycles. The fourth-order valence-corrected chi connectivity index (χ4v) is 13.8. The number of esters is 1. The molecule has 0 saturated heterocycles. The lowest BCUT2D eigenvalue weighted by molar-refractivity contribution is -0.235. The van der Waals surface area contributed by atoms with Gasteiger partial charge in [0.2, 0.25) is 0 Å². The van der Waals surface area contributed by atoms with E-state index in [-0.39, 0.29) is 58.2 Å². The van der Waals surface area contributed by atoms with Gasteiger partial charge in [0.1, 0.15) is 17.9 Å². The third-order valence-corrected chi connectivity index (χ3v) is 16.9. The molecule has 312 valence electrons. The number of pyridine rings is 1. The van der Waals surface area contributed by atoms with Crippen LogP contribution in [-0.4, -0.2) is 60.3 Å². The van der Waals surface area contributed by atoms with Crippen molar-refractivity contribution in [2.45, 2.75) is 145 Å². The van der Waals surface area contributed by atoms with E-state index in [0.717, 1.165) is 56.1 Å². The van der Waals surface area contributed by atoms with Gasteiger partial charge < -0.3 is 25.3 Å². The Bertz CT molecular complexity index is 1970. The molecule has 0 amide bonds. The first-order valence-corrected chi connectivity index (χ1v) is 21.6. The predicted octanol–water partition coefficient (Wildman–Crippen LogP) is 8.38. The Morgan fingerprint density at radius 3 is 2.35 bits per heavy atom. The Labute approximate surface area is 343 Å². The maximum absolute atomic E-state index is 14.3. The van der Waals surface area contributed by atoms with E-state index < -0.39 is 28.9 Å². The number of aliphatic hydroxyl groups is 1. The Kier molecular flexibility index (Phi) is 10.5. The number of carboxylic acid groups (broad SMARTS) is 1. The van der Waals surface area contributed by atoms with Crippen LogP contribution in [0.1, 0.15) is 138 Å². The van der Waals surface area contributed by atoms with E-state index in [1.165, 1.54) is 0 Å². The second kappa shape index (κ2) is 14.3. The van der Waals surface area contributed by atoms with Gasteiger partial charge in [0.25, 0.3) is 0 Å². The molecule has 4 N–H and O–H groups in total. The fourth-order valence-electron chi connectivity index (χ4n) is 13.6. The number of carbonyl (C=O) groups is 3. The first-order valence-electron chi connectivity index (χ1n) is 21.2. The summed E-state index contributed by atoms with van der Waals surface area (Å²) in [4.78, 5) is 43.8. The van der Waals surface area contributed by atoms with Gasteiger partial charge in [0.05, 0.1) is 16.9 Å². The summed E-state index contributed by atoms with van der Waals surface area (Å²) in [5.41, 5.74) is 6.36. The molecule has 5 aliphatic carbocycles. The lowest BCUT2D eigenvalue weighted by Gasteiger charge is -2.72. The molecule has 0 unspecified atom stereocenters. The smallest absolute Gasteiger partial charge is 0.309 e. The summed E-state index contributed by atoms with van der Waals surface area (Å²) in [6.45, 7) is 20.1. The number of ketones is 1. The molecule has 5 aliphatic rings. The standard InChI is InChI=1S/C45H64ClN5O6/c1-25(2)34-29(52)22-45(36(54)38-50-49-37(51(38)21-20-47)28-12-10-26(46)24-48-28)19-18-43(8)27(35(34)45)11-13-31-42(7)16-15-32(57-33(53)23-40(3,4)39(55)56)41(5,6)30(42)14-17-44(31,43)9/h10,12,24-25,27,30-32,36,54H,11,13-23,47H2,1-9H3,(H,55,56)/t27-,30+,31-,32+,36+,42+,43-,44-,45-/m1/s1. The van der Waals surface area contributed by atoms with Crippen LogP contribution in [0.3, 0.4) is 0 Å². The molecule has 0 aliphatic heterocycles. The topological polar surface area (TPSA) is 171 Å². The maximum atomic E-state index is 14.3. The number of aliphatic hydroxyl groups excluding tert-OH is 1. The van der Waals surface area contributed by atoms with E-state index in [4.69, 9.17) is 22.1 Å². The van der Waals surface area contributed by atoms with Crippen LogP contribution in [0.4, 0.5) is 0 Å². The van der Waals surface area contributed by atoms with Crippen LogP contribution in [0.25, 0.3) is 11.5 Å². The number of nitrogens with zero attached hydrogens (tertiary/aromatic N) is 4. The van der Waals surface area contributed by atoms with Gasteiger partial charge in [-0.1, -0.05) is 60.1 Å². The normalized spacial score (nSPS) is 35.3. The van der Waals surface area contributed by atoms with Crippen molar-refractivity contribution in [1.82, 2.24) is 19.7 Å². The van der Waals surface area contributed by atoms with Crippen LogP contribution >= 0.6 is 11.6 Å². The van der Waals surface area contributed by atoms with E-state index in [2.05, 4.69) is 63.6 Å². The lowest BCUT2D eigenvalue weighted by Crippen LogP contribution is -2.66. The molecule has 7 rings (SSSR count). The molecule has 11 nitrogen and oxygen atoms in total. The Balaban J connectivity index is 1.22. The van der Waals surface area contributed by atoms with E-state index >= 15 is 0 Å². The molecule has 0 radical (unpaired) electrons. The summed E-state index contributed by atoms with van der Waals surface area (Å²) in [6.07, 6.45) is 7.54. The number of carboxylic acids is 1. The molecule has 4 fully saturated rings. The van der Waals surface area contributed by atoms with Gasteiger partial charge in [0, 0.05) is 36.5 Å². The molecule has 9 atom stereocenters. The zero-order valence-corrected chi connectivity index (χ0v) is 36.2. The Hall–Kier alpha value is -3.15. The van der Waals surface area contributed by atoms with Crippen molar-refractivity contribution < 1.29 is 29.3 Å². The van der Waals surface area contributed by atoms with Crippen LogP contribution in [0, 0.1) is 56.2 Å². The predicted molar refractivity (Wildman–Crippen MR) is 218 cm³/mol. The van der Waals surface area contributed by atoms with Gasteiger partial charge >= 0.3 is 11.9 Å². The number of allylic oxidation sites excluding steroid dienone is 1. The number of halogens is 1. The Morgan fingerprint density at radius 1 is 1.00 bits per heavy atom. The number of ether oxygens (including phenoxy) is 1. The largest absolute Gasteiger partial charge is 0.481 e. The summed E-state index contributed by atoms with van der Waals surface area (Å²) < 4.78 is 8.06. The molecular weight excluding hydrogens is 742 g/mol. The number of fused-ring (bicyclic) bond motifs is 7. The molecule has 57 heavy (non-hydrogen) atoms. The second-order valence-electron chi connectivity index (χ2n) is 20.6. The van der Waals surface area contributed by atoms with E-state index in [1.807, 2.05) is 4.57 Å². The number of aromatic nitrogens is 4. The van der Waals surface area contributed by atoms with Gasteiger partial charge in [-0.2, -0.15) is 0 Å². The lowest BCUT2D eigenvalue weighted by atomic mass is 9.33. The average Bonchev–Trinajstić information content (AvgIpc) is 3.68. The van der Waals surface area contributed by atoms with Gasteiger partial charge in [-0.25, -0.2) is 0 Å². The zero-order valence-electron chi connectivity index (χ0n) is 35.5. The van der Waals surface area contributed by atoms with E-state index in [9.17, 15) is 24.6 Å². The minimum atomic E-state index is -1.19. The summed E-state index contributed by atoms with van der Waals surface area (Å²) in [7, 11) is 0. The number of rotatable bonds is 10. The SMILES string of the molecule is CC(C)C1=C2[C@H]3CC[C@@H]4[C@@]5(C)CC[C@H](OC(=O)CC(C)(C)C(=O)O)C(C)(C)[C@@H]5CC[C@@]4(C)[C@]3(C)CC[C@@]2([C@@H](O)c2nnc(-c3ccc(Cl)cn3)n2CCN)CC1=O. The fraction of sp³-hybridized carbons (Fsp3) is 0.733. The quantitative estimate of drug-likeness (QED) is 0.198. The molecule has 0 bridgehead atoms. The van der Waals surface area contributed by atoms with Crippen LogP contribution < -0.4 is 5.73 Å². The van der Waals surface area contributed by atoms with Crippen molar-refractivity contribution >= 4 is 29.3 Å². The monoisotopic (exact) mass is 805 g/mol. The summed E-state index contributed by atoms with van der Waals surface area (Å²) in [5, 5.41) is 32.1. The molecular formula is C45H64ClN5O6. The highest BCUT2D eigenvalue weighted by atomic mass is 35.5. The van der Waals surface area contributed by atoms with Crippen molar-refractivity contribution in [3.63, 3.8) is 0 Å². The zero-order chi connectivity index (χ0) is 41.7. The highest BCUT2D eigenvalue weighted by Gasteiger charge is 2.71. The molecule has 2 aromatic heterocycles. The second-order valence-corrected chi connectivity index (χ2v) is 21.1. The summed E-state index contributed by atoms with van der Waals surface area (Å²) in [5.74, 6) is 0.504. The van der Waals surface area contributed by atoms with Gasteiger partial charge in [0.15, 0.2) is 17.4 Å². The first-order chi connectivity index (χ1) is 26.6. The minimum Gasteiger partial charge on any atom is -0.481 e. The van der Waals surface area contributed by atoms with Gasteiger partial charge in [-0.05, 0) is 128 Å². The number of carbonyl (C=O) groups excluding carboxylic acids is 2. The van der Waals surface area contributed by atoms with Gasteiger partial charge in [-0.15, -0.1) is 10.2 Å². The Morgan fingerprint density at radius 2 is 1.72 bits per heavy atom. The van der Waals surface area contributed by atoms with Crippen LogP contribution in [0.2, 0.25) is 5.02 Å². The van der Waals surface area contributed by atoms with Crippen LogP contribution in [0.15, 0.2) is 29.5 Å². The highest BCUT2D eigenvalue weighted by molar-refractivity contribution is 6.30. The summed E-state index contributed by atoms with van der Waals surface area (Å²) >= 11 is 6.16. The molecule has 0 spiro atoms. The van der Waals surface area contributed by atoms with E-state index in [1.54, 1.807) is 32.2 Å². The first kappa shape index (κ1) is 42.0. The van der Waals surface area contributed by atoms with E-state index in [0.29, 0.717) is 53.7 Å². The number of nitrogens with two attached hydrogens (primary N) is 1. The molecule has 12 heteroatoms. The third kappa shape index (κ3) is 6.25. The number of hydrogen-bond donors (Lipinski definition) is 3. The molecule has 4 saturated carbocycles. The number of aliphatic carboxylic acids is 1. The maximum Gasteiger partial charge on any atom is 0.309 e. The molecule has 2 heterocycles. The van der Waals surface area contributed by atoms with Crippen molar-refractivity contribution in [1.29, 1.82) is 0 Å². The van der Waals surface area contributed by atoms with Crippen molar-refractivity contribution in [2.75, 3.05) is 6.54 Å². The minimum absolute atomic E-state index is 0.00721. The van der Waals surface area contributed by atoms with Crippen molar-refractivity contribution in [2.24, 2.45) is 61.9 Å². The third-order valence-electron chi connectivity index (χ3n) is 16.7.